The van der Waals surface area contributed by atoms with Crippen LogP contribution in [0.15, 0.2) is 60.7 Å². The Morgan fingerprint density at radius 3 is 1.97 bits per heavy atom. The summed E-state index contributed by atoms with van der Waals surface area (Å²) >= 11 is 1.43. The van der Waals surface area contributed by atoms with E-state index in [-0.39, 0.29) is 0 Å². The topological polar surface area (TPSA) is 53.3 Å². The number of hydrogen-bond acceptors (Lipinski definition) is 5. The second-order valence-corrected chi connectivity index (χ2v) is 7.58. The van der Waals surface area contributed by atoms with Crippen molar-refractivity contribution in [3.63, 3.8) is 0 Å². The second-order valence-electron chi connectivity index (χ2n) is 6.47. The first-order chi connectivity index (χ1) is 14.1. The molecule has 0 radical (unpaired) electrons. The number of carbonyl (C=O) groups is 1. The Morgan fingerprint density at radius 2 is 1.45 bits per heavy atom. The molecule has 0 aliphatic rings. The van der Waals surface area contributed by atoms with Crippen molar-refractivity contribution in [3.8, 4) is 44.7 Å². The van der Waals surface area contributed by atoms with Crippen molar-refractivity contribution in [1.29, 1.82) is 0 Å². The van der Waals surface area contributed by atoms with Crippen molar-refractivity contribution >= 4 is 17.6 Å². The third kappa shape index (κ3) is 3.54. The lowest BCUT2D eigenvalue weighted by molar-refractivity contribution is 0.112. The molecule has 2 heterocycles. The maximum absolute atomic E-state index is 11.1. The fourth-order valence-electron chi connectivity index (χ4n) is 3.28. The molecule has 5 nitrogen and oxygen atoms in total. The predicted octanol–water partition coefficient (Wildman–Crippen LogP) is 5.31. The third-order valence-electron chi connectivity index (χ3n) is 4.79. The quantitative estimate of drug-likeness (QED) is 0.409. The highest BCUT2D eigenvalue weighted by atomic mass is 32.1. The molecule has 0 fully saturated rings. The highest BCUT2D eigenvalue weighted by Gasteiger charge is 2.20. The second kappa shape index (κ2) is 7.93. The minimum atomic E-state index is 0.681. The van der Waals surface area contributed by atoms with Crippen LogP contribution in [0.1, 0.15) is 9.67 Å². The Balaban J connectivity index is 1.90. The Morgan fingerprint density at radius 1 is 0.862 bits per heavy atom. The molecule has 0 bridgehead atoms. The zero-order valence-corrected chi connectivity index (χ0v) is 17.2. The van der Waals surface area contributed by atoms with Gasteiger partial charge in [0.1, 0.15) is 11.5 Å². The lowest BCUT2D eigenvalue weighted by Crippen LogP contribution is -1.95. The van der Waals surface area contributed by atoms with Gasteiger partial charge < -0.3 is 14.0 Å². The highest BCUT2D eigenvalue weighted by Crippen LogP contribution is 2.38. The lowest BCUT2D eigenvalue weighted by Gasteiger charge is -2.09. The number of rotatable bonds is 6. The minimum absolute atomic E-state index is 0.681. The summed E-state index contributed by atoms with van der Waals surface area (Å²) in [6.07, 6.45) is 0.867. The molecule has 29 heavy (non-hydrogen) atoms. The van der Waals surface area contributed by atoms with Gasteiger partial charge in [-0.05, 0) is 60.7 Å². The van der Waals surface area contributed by atoms with Gasteiger partial charge in [0, 0.05) is 18.2 Å². The van der Waals surface area contributed by atoms with Crippen LogP contribution in [0.2, 0.25) is 0 Å². The molecular weight excluding hydrogens is 384 g/mol. The molecule has 0 atom stereocenters. The number of imidazole rings is 1. The molecule has 0 amide bonds. The summed E-state index contributed by atoms with van der Waals surface area (Å²) in [6, 6.07) is 19.6. The number of methoxy groups -OCH3 is 2. The van der Waals surface area contributed by atoms with Crippen LogP contribution in [0.4, 0.5) is 0 Å². The molecule has 0 N–H and O–H groups in total. The maximum atomic E-state index is 11.1. The van der Waals surface area contributed by atoms with Crippen molar-refractivity contribution in [2.45, 2.75) is 0 Å². The van der Waals surface area contributed by atoms with E-state index in [0.717, 1.165) is 51.0 Å². The average molecular weight is 404 g/mol. The Kier molecular flexibility index (Phi) is 5.18. The van der Waals surface area contributed by atoms with E-state index in [9.17, 15) is 4.79 Å². The van der Waals surface area contributed by atoms with Gasteiger partial charge in [-0.25, -0.2) is 4.98 Å². The highest BCUT2D eigenvalue weighted by molar-refractivity contribution is 7.17. The third-order valence-corrected chi connectivity index (χ3v) is 5.79. The first-order valence-corrected chi connectivity index (χ1v) is 9.87. The summed E-state index contributed by atoms with van der Waals surface area (Å²) in [5.41, 5.74) is 3.89. The summed E-state index contributed by atoms with van der Waals surface area (Å²) in [5.74, 6) is 2.42. The largest absolute Gasteiger partial charge is 0.497 e. The van der Waals surface area contributed by atoms with Crippen LogP contribution in [0.3, 0.4) is 0 Å². The Hall–Kier alpha value is -3.38. The van der Waals surface area contributed by atoms with Crippen LogP contribution in [0.5, 0.6) is 11.5 Å². The average Bonchev–Trinajstić information content (AvgIpc) is 3.38. The molecule has 0 saturated heterocycles. The number of nitrogens with zero attached hydrogens (tertiary/aromatic N) is 2. The summed E-state index contributed by atoms with van der Waals surface area (Å²) in [5, 5.41) is 0. The fraction of sp³-hybridized carbons (Fsp3) is 0.130. The van der Waals surface area contributed by atoms with Crippen LogP contribution >= 0.6 is 11.3 Å². The predicted molar refractivity (Wildman–Crippen MR) is 116 cm³/mol. The number of ether oxygens (including phenoxy) is 2. The molecule has 4 rings (SSSR count). The molecular formula is C23H20N2O3S. The molecule has 0 unspecified atom stereocenters. The maximum Gasteiger partial charge on any atom is 0.160 e. The van der Waals surface area contributed by atoms with Crippen LogP contribution < -0.4 is 9.47 Å². The van der Waals surface area contributed by atoms with Crippen molar-refractivity contribution in [1.82, 2.24) is 9.55 Å². The van der Waals surface area contributed by atoms with Gasteiger partial charge in [-0.15, -0.1) is 11.3 Å². The first-order valence-electron chi connectivity index (χ1n) is 9.05. The number of aldehydes is 1. The molecule has 0 aliphatic heterocycles. The monoisotopic (exact) mass is 404 g/mol. The van der Waals surface area contributed by atoms with Crippen LogP contribution in [-0.4, -0.2) is 30.1 Å². The van der Waals surface area contributed by atoms with Gasteiger partial charge in [-0.1, -0.05) is 0 Å². The molecule has 2 aromatic heterocycles. The fourth-order valence-corrected chi connectivity index (χ4v) is 4.13. The van der Waals surface area contributed by atoms with Gasteiger partial charge in [0.15, 0.2) is 12.1 Å². The number of thiophene rings is 1. The van der Waals surface area contributed by atoms with Crippen LogP contribution in [0.25, 0.3) is 33.2 Å². The summed E-state index contributed by atoms with van der Waals surface area (Å²) in [4.78, 5) is 17.7. The molecule has 4 aromatic rings. The number of aromatic nitrogens is 2. The minimum Gasteiger partial charge on any atom is -0.497 e. The van der Waals surface area contributed by atoms with E-state index in [1.54, 1.807) is 14.2 Å². The van der Waals surface area contributed by atoms with Gasteiger partial charge >= 0.3 is 0 Å². The Bertz CT molecular complexity index is 1140. The standard InChI is InChI=1S/C23H20N2O3S/c1-25-22(16-6-10-18(28-3)11-7-16)21(15-4-8-17(27-2)9-5-15)24-23(25)20-13-12-19(14-26)29-20/h4-14H,1-3H3. The molecule has 0 spiro atoms. The van der Waals surface area contributed by atoms with E-state index in [4.69, 9.17) is 14.5 Å². The van der Waals surface area contributed by atoms with E-state index in [1.165, 1.54) is 11.3 Å². The van der Waals surface area contributed by atoms with Crippen LogP contribution in [-0.2, 0) is 7.05 Å². The molecule has 0 saturated carbocycles. The zero-order valence-electron chi connectivity index (χ0n) is 16.4. The van der Waals surface area contributed by atoms with Gasteiger partial charge in [-0.2, -0.15) is 0 Å². The van der Waals surface area contributed by atoms with Crippen molar-refractivity contribution in [2.24, 2.45) is 7.05 Å². The van der Waals surface area contributed by atoms with Crippen molar-refractivity contribution < 1.29 is 14.3 Å². The summed E-state index contributed by atoms with van der Waals surface area (Å²) < 4.78 is 12.7. The van der Waals surface area contributed by atoms with Crippen LogP contribution in [0, 0.1) is 0 Å². The van der Waals surface area contributed by atoms with E-state index >= 15 is 0 Å². The zero-order chi connectivity index (χ0) is 20.4. The van der Waals surface area contributed by atoms with Gasteiger partial charge in [0.05, 0.1) is 35.4 Å². The number of benzene rings is 2. The van der Waals surface area contributed by atoms with E-state index in [0.29, 0.717) is 4.88 Å². The summed E-state index contributed by atoms with van der Waals surface area (Å²) in [6.45, 7) is 0. The van der Waals surface area contributed by atoms with E-state index in [1.807, 2.05) is 67.7 Å². The van der Waals surface area contributed by atoms with Gasteiger partial charge in [0.25, 0.3) is 0 Å². The molecule has 0 aliphatic carbocycles. The molecule has 6 heteroatoms. The number of carbonyl (C=O) groups excluding carboxylic acids is 1. The summed E-state index contributed by atoms with van der Waals surface area (Å²) in [7, 11) is 5.30. The first kappa shape index (κ1) is 19.0. The van der Waals surface area contributed by atoms with Gasteiger partial charge in [0.2, 0.25) is 0 Å². The van der Waals surface area contributed by atoms with Crippen molar-refractivity contribution in [2.75, 3.05) is 14.2 Å². The SMILES string of the molecule is COc1ccc(-c2nc(-c3ccc(C=O)s3)n(C)c2-c2ccc(OC)cc2)cc1. The Labute approximate surface area is 173 Å². The van der Waals surface area contributed by atoms with E-state index in [2.05, 4.69) is 4.57 Å². The van der Waals surface area contributed by atoms with Gasteiger partial charge in [-0.3, -0.25) is 4.79 Å². The van der Waals surface area contributed by atoms with E-state index < -0.39 is 0 Å². The lowest BCUT2D eigenvalue weighted by atomic mass is 10.0. The smallest absolute Gasteiger partial charge is 0.160 e. The normalized spacial score (nSPS) is 10.7. The number of hydrogen-bond donors (Lipinski definition) is 0. The molecule has 146 valence electrons. The molecule has 2 aromatic carbocycles. The van der Waals surface area contributed by atoms with Crippen molar-refractivity contribution in [3.05, 3.63) is 65.5 Å².